The Morgan fingerprint density at radius 2 is 1.53 bits per heavy atom. The number of quaternary nitrogens is 1. The molecule has 3 aliphatic heterocycles. The number of ether oxygens (including phenoxy) is 3. The second-order valence-corrected chi connectivity index (χ2v) is 25.9. The molecule has 1 amide bonds. The molecular formula is C49H68N3O7S2Si+. The molecule has 2 aromatic heterocycles. The summed E-state index contributed by atoms with van der Waals surface area (Å²) in [6.07, 6.45) is 10.8. The van der Waals surface area contributed by atoms with Crippen LogP contribution in [0.15, 0.2) is 83.6 Å². The highest BCUT2D eigenvalue weighted by Crippen LogP contribution is 2.53. The van der Waals surface area contributed by atoms with Crippen LogP contribution in [0.4, 0.5) is 5.69 Å². The van der Waals surface area contributed by atoms with Crippen molar-refractivity contribution in [2.45, 2.75) is 145 Å². The Labute approximate surface area is 378 Å². The van der Waals surface area contributed by atoms with Crippen LogP contribution in [0.5, 0.6) is 5.75 Å². The number of unbranched alkanes of at least 4 members (excludes halogenated alkanes) is 6. The third kappa shape index (κ3) is 10.6. The topological polar surface area (TPSA) is 119 Å². The zero-order chi connectivity index (χ0) is 44.0. The summed E-state index contributed by atoms with van der Waals surface area (Å²) in [6.45, 7) is 14.5. The second kappa shape index (κ2) is 20.2. The van der Waals surface area contributed by atoms with Crippen LogP contribution in [0.3, 0.4) is 0 Å². The number of hydrogen-bond donors (Lipinski definition) is 3. The van der Waals surface area contributed by atoms with Gasteiger partial charge < -0.3 is 38.9 Å². The molecule has 3 saturated heterocycles. The molecule has 4 unspecified atom stereocenters. The van der Waals surface area contributed by atoms with Gasteiger partial charge in [-0.15, -0.1) is 22.7 Å². The first-order valence-corrected chi connectivity index (χ1v) is 27.3. The van der Waals surface area contributed by atoms with Crippen LogP contribution in [0, 0.1) is 0 Å². The summed E-state index contributed by atoms with van der Waals surface area (Å²) in [5, 5.41) is 22.2. The molecular weight excluding hydrogens is 835 g/mol. The van der Waals surface area contributed by atoms with Crippen molar-refractivity contribution in [3.8, 4) is 5.75 Å². The lowest BCUT2D eigenvalue weighted by molar-refractivity contribution is -0.956. The van der Waals surface area contributed by atoms with E-state index >= 15 is 0 Å². The van der Waals surface area contributed by atoms with Crippen LogP contribution < -0.4 is 15.4 Å². The largest absolute Gasteiger partial charge is 0.487 e. The lowest BCUT2D eigenvalue weighted by atomic mass is 9.94. The van der Waals surface area contributed by atoms with Gasteiger partial charge in [-0.3, -0.25) is 4.79 Å². The number of esters is 1. The van der Waals surface area contributed by atoms with E-state index in [1.54, 1.807) is 0 Å². The molecule has 3 N–H and O–H groups in total. The van der Waals surface area contributed by atoms with Gasteiger partial charge in [0.2, 0.25) is 12.0 Å². The summed E-state index contributed by atoms with van der Waals surface area (Å²) in [7, 11) is 0.286. The minimum atomic E-state index is -2.11. The number of fused-ring (bicyclic) bond motifs is 5. The molecule has 7 rings (SSSR count). The summed E-state index contributed by atoms with van der Waals surface area (Å²) >= 11 is 2.76. The Morgan fingerprint density at radius 1 is 0.903 bits per heavy atom. The van der Waals surface area contributed by atoms with E-state index in [9.17, 15) is 14.7 Å². The average molecular weight is 903 g/mol. The Morgan fingerprint density at radius 3 is 2.13 bits per heavy atom. The van der Waals surface area contributed by atoms with Gasteiger partial charge in [0.1, 0.15) is 42.8 Å². The number of rotatable bonds is 24. The van der Waals surface area contributed by atoms with Crippen LogP contribution in [-0.2, 0) is 35.7 Å². The van der Waals surface area contributed by atoms with Gasteiger partial charge in [0, 0.05) is 19.4 Å². The Bertz CT molecular complexity index is 1990. The van der Waals surface area contributed by atoms with E-state index in [0.29, 0.717) is 52.8 Å². The maximum atomic E-state index is 13.7. The third-order valence-corrected chi connectivity index (χ3v) is 20.5. The summed E-state index contributed by atoms with van der Waals surface area (Å²) in [5.41, 5.74) is 0.953. The molecule has 4 aromatic rings. The molecule has 13 heteroatoms. The normalized spacial score (nSPS) is 23.7. The molecule has 5 heterocycles. The van der Waals surface area contributed by atoms with Crippen molar-refractivity contribution in [1.82, 2.24) is 5.32 Å². The number of hydrogen-bond acceptors (Lipinski definition) is 10. The molecule has 0 radical (unpaired) electrons. The van der Waals surface area contributed by atoms with Crippen molar-refractivity contribution >= 4 is 49.1 Å². The number of carbonyl (C=O) groups excluding carboxylic acids is 2. The highest BCUT2D eigenvalue weighted by atomic mass is 32.1. The van der Waals surface area contributed by atoms with E-state index in [1.807, 2.05) is 77.5 Å². The molecule has 0 saturated carbocycles. The maximum Gasteiger partial charge on any atom is 0.349 e. The zero-order valence-electron chi connectivity index (χ0n) is 37.5. The monoisotopic (exact) mass is 902 g/mol. The number of morpholine rings is 1. The number of thiophene rings is 2. The highest BCUT2D eigenvalue weighted by Gasteiger charge is 2.72. The van der Waals surface area contributed by atoms with Crippen LogP contribution in [0.25, 0.3) is 0 Å². The van der Waals surface area contributed by atoms with Crippen molar-refractivity contribution in [3.05, 3.63) is 104 Å². The van der Waals surface area contributed by atoms with Crippen molar-refractivity contribution in [2.75, 3.05) is 32.0 Å². The number of carbonyl (C=O) groups is 2. The summed E-state index contributed by atoms with van der Waals surface area (Å²) in [4.78, 5) is 26.5. The fourth-order valence-electron chi connectivity index (χ4n) is 9.38. The first-order chi connectivity index (χ1) is 29.7. The van der Waals surface area contributed by atoms with E-state index in [-0.39, 0.29) is 29.5 Å². The quantitative estimate of drug-likeness (QED) is 0.0159. The minimum absolute atomic E-state index is 0.0546. The molecule has 0 spiro atoms. The molecule has 5 atom stereocenters. The average Bonchev–Trinajstić information content (AvgIpc) is 3.52. The van der Waals surface area contributed by atoms with E-state index in [2.05, 4.69) is 57.6 Å². The van der Waals surface area contributed by atoms with Gasteiger partial charge in [-0.05, 0) is 90.1 Å². The fourth-order valence-corrected chi connectivity index (χ4v) is 12.4. The van der Waals surface area contributed by atoms with Gasteiger partial charge >= 0.3 is 5.97 Å². The predicted molar refractivity (Wildman–Crippen MR) is 251 cm³/mol. The van der Waals surface area contributed by atoms with Gasteiger partial charge in [-0.25, -0.2) is 4.79 Å². The van der Waals surface area contributed by atoms with E-state index < -0.39 is 19.9 Å². The van der Waals surface area contributed by atoms with Gasteiger partial charge in [-0.1, -0.05) is 95.0 Å². The zero-order valence-corrected chi connectivity index (χ0v) is 40.1. The summed E-state index contributed by atoms with van der Waals surface area (Å²) in [5.74, 6) is 0.0662. The number of likely N-dealkylation sites (N-methyl/N-ethyl adjacent to an activating group) is 1. The van der Waals surface area contributed by atoms with Crippen molar-refractivity contribution in [2.24, 2.45) is 0 Å². The highest BCUT2D eigenvalue weighted by molar-refractivity contribution is 7.12. The van der Waals surface area contributed by atoms with E-state index in [0.717, 1.165) is 48.0 Å². The molecule has 3 aliphatic rings. The molecule has 3 fully saturated rings. The van der Waals surface area contributed by atoms with Crippen LogP contribution in [-0.4, -0.2) is 87.4 Å². The van der Waals surface area contributed by atoms with Crippen LogP contribution in [0.1, 0.15) is 106 Å². The molecule has 10 nitrogen and oxygen atoms in total. The lowest BCUT2D eigenvalue weighted by Crippen LogP contribution is -2.63. The standard InChI is InChI=1S/C49H67N3O7S2Si/c1-48(2,3)62(5,6)59-42(36-23-24-41(38(29-36)51-34-53)56-33-35-19-13-12-14-20-35)32-50-25-15-10-8-7-9-11-16-26-52(4)39-30-37(31-40(52)46-45(39)58-46)57-47(54)49(55,43-21-17-27-60-43)44-22-18-28-61-44/h12-14,17-24,27-29,34,37,39-40,42,45-46,50,55H,7-11,15-16,25-26,30-33H2,1-6H3/p+1/t37?,39?,40?,42-,45?,46?,52?/m0/s1. The third-order valence-electron chi connectivity index (χ3n) is 14.1. The van der Waals surface area contributed by atoms with E-state index in [1.165, 1.54) is 61.2 Å². The first kappa shape index (κ1) is 46.6. The maximum absolute atomic E-state index is 13.7. The number of aliphatic hydroxyl groups is 1. The van der Waals surface area contributed by atoms with Gasteiger partial charge in [0.15, 0.2) is 8.32 Å². The molecule has 62 heavy (non-hydrogen) atoms. The summed E-state index contributed by atoms with van der Waals surface area (Å²) in [6, 6.07) is 24.0. The Hall–Kier alpha value is -3.40. The van der Waals surface area contributed by atoms with Crippen molar-refractivity contribution < 1.29 is 37.8 Å². The first-order valence-electron chi connectivity index (χ1n) is 22.7. The number of epoxide rings is 1. The number of piperidine rings is 1. The van der Waals surface area contributed by atoms with Crippen molar-refractivity contribution in [1.29, 1.82) is 0 Å². The number of nitrogens with one attached hydrogen (secondary N) is 2. The van der Waals surface area contributed by atoms with Crippen LogP contribution in [0.2, 0.25) is 18.1 Å². The minimum Gasteiger partial charge on any atom is -0.487 e. The Balaban J connectivity index is 0.826. The number of amides is 1. The Kier molecular flexibility index (Phi) is 15.2. The fraction of sp³-hybridized carbons (Fsp3) is 0.551. The predicted octanol–water partition coefficient (Wildman–Crippen LogP) is 9.95. The lowest BCUT2D eigenvalue weighted by Gasteiger charge is -2.48. The van der Waals surface area contributed by atoms with Crippen molar-refractivity contribution in [3.63, 3.8) is 0 Å². The molecule has 2 aromatic carbocycles. The van der Waals surface area contributed by atoms with Gasteiger partial charge in [0.05, 0.1) is 35.1 Å². The number of benzene rings is 2. The van der Waals surface area contributed by atoms with Gasteiger partial charge in [-0.2, -0.15) is 0 Å². The SMILES string of the molecule is CC(C)(C)[Si](C)(C)O[C@@H](CNCCCCCCCCC[N+]1(C)C2CC(OC(=O)C(O)(c3cccs3)c3cccs3)CC1C1OC12)c1ccc(OCc2ccccc2)c(NC=O)c1. The smallest absolute Gasteiger partial charge is 0.349 e. The summed E-state index contributed by atoms with van der Waals surface area (Å²) < 4.78 is 26.4. The molecule has 2 bridgehead atoms. The van der Waals surface area contributed by atoms with Gasteiger partial charge in [0.25, 0.3) is 0 Å². The van der Waals surface area contributed by atoms with E-state index in [4.69, 9.17) is 18.6 Å². The van der Waals surface area contributed by atoms with Crippen LogP contribution >= 0.6 is 22.7 Å². The molecule has 336 valence electrons. The number of anilines is 1. The number of nitrogens with zero attached hydrogens (tertiary/aromatic N) is 1. The second-order valence-electron chi connectivity index (χ2n) is 19.3. The molecule has 0 aliphatic carbocycles.